The van der Waals surface area contributed by atoms with Gasteiger partial charge in [0.1, 0.15) is 17.3 Å². The van der Waals surface area contributed by atoms with Crippen LogP contribution in [0.4, 0.5) is 17.6 Å². The van der Waals surface area contributed by atoms with Gasteiger partial charge in [-0.1, -0.05) is 30.3 Å². The van der Waals surface area contributed by atoms with Crippen LogP contribution >= 0.6 is 0 Å². The average molecular weight is 306 g/mol. The molecule has 0 aliphatic carbocycles. The lowest BCUT2D eigenvalue weighted by atomic mass is 10.1. The second-order valence-corrected chi connectivity index (χ2v) is 4.76. The highest BCUT2D eigenvalue weighted by atomic mass is 19.4. The van der Waals surface area contributed by atoms with Gasteiger partial charge >= 0.3 is 6.18 Å². The molecular formula is C17H10F4O. The van der Waals surface area contributed by atoms with Crippen LogP contribution < -0.4 is 4.74 Å². The number of ether oxygens (including phenoxy) is 1. The molecule has 0 aromatic heterocycles. The summed E-state index contributed by atoms with van der Waals surface area (Å²) in [5.41, 5.74) is -0.192. The van der Waals surface area contributed by atoms with E-state index in [1.165, 1.54) is 6.07 Å². The molecule has 2 aromatic rings. The summed E-state index contributed by atoms with van der Waals surface area (Å²) in [5, 5.41) is 0. The van der Waals surface area contributed by atoms with Crippen LogP contribution in [-0.2, 0) is 0 Å². The van der Waals surface area contributed by atoms with E-state index >= 15 is 0 Å². The van der Waals surface area contributed by atoms with Gasteiger partial charge in [-0.15, -0.1) is 0 Å². The number of halogens is 4. The highest BCUT2D eigenvalue weighted by molar-refractivity contribution is 5.74. The first kappa shape index (κ1) is 14.4. The standard InChI is InChI=1S/C17H10F4O/c18-14-7-6-12-8-13(17(19,20)21)9-15(22-16(12)10-14)11-4-2-1-3-5-11/h1-10H. The Balaban J connectivity index is 2.17. The Kier molecular flexibility index (Phi) is 3.48. The summed E-state index contributed by atoms with van der Waals surface area (Å²) in [6, 6.07) is 11.8. The molecule has 0 atom stereocenters. The molecule has 0 unspecified atom stereocenters. The van der Waals surface area contributed by atoms with Crippen molar-refractivity contribution < 1.29 is 22.3 Å². The summed E-state index contributed by atoms with van der Waals surface area (Å²) in [6.07, 6.45) is -2.66. The van der Waals surface area contributed by atoms with E-state index in [0.29, 0.717) is 5.56 Å². The number of alkyl halides is 3. The van der Waals surface area contributed by atoms with Gasteiger partial charge in [0.05, 0.1) is 5.57 Å². The number of rotatable bonds is 1. The summed E-state index contributed by atoms with van der Waals surface area (Å²) in [6.45, 7) is 0. The van der Waals surface area contributed by atoms with E-state index in [0.717, 1.165) is 24.3 Å². The summed E-state index contributed by atoms with van der Waals surface area (Å²) in [5.74, 6) is -0.502. The fourth-order valence-electron chi connectivity index (χ4n) is 2.12. The predicted molar refractivity (Wildman–Crippen MR) is 75.5 cm³/mol. The number of benzene rings is 2. The van der Waals surface area contributed by atoms with Gasteiger partial charge in [-0.3, -0.25) is 0 Å². The van der Waals surface area contributed by atoms with Crippen LogP contribution in [-0.4, -0.2) is 6.18 Å². The van der Waals surface area contributed by atoms with Crippen LogP contribution in [0.3, 0.4) is 0 Å². The normalized spacial score (nSPS) is 14.4. The molecule has 2 aromatic carbocycles. The summed E-state index contributed by atoms with van der Waals surface area (Å²) >= 11 is 0. The number of hydrogen-bond donors (Lipinski definition) is 0. The predicted octanol–water partition coefficient (Wildman–Crippen LogP) is 5.20. The second-order valence-electron chi connectivity index (χ2n) is 4.76. The Hall–Kier alpha value is -2.56. The molecule has 22 heavy (non-hydrogen) atoms. The maximum absolute atomic E-state index is 13.3. The van der Waals surface area contributed by atoms with Crippen LogP contribution in [0.15, 0.2) is 60.2 Å². The first-order chi connectivity index (χ1) is 10.4. The van der Waals surface area contributed by atoms with Crippen LogP contribution in [0.25, 0.3) is 11.8 Å². The zero-order valence-corrected chi connectivity index (χ0v) is 11.2. The summed E-state index contributed by atoms with van der Waals surface area (Å²) in [4.78, 5) is 0. The quantitative estimate of drug-likeness (QED) is 0.658. The van der Waals surface area contributed by atoms with Crippen molar-refractivity contribution in [3.63, 3.8) is 0 Å². The van der Waals surface area contributed by atoms with Crippen molar-refractivity contribution in [3.8, 4) is 5.75 Å². The smallest absolute Gasteiger partial charge is 0.416 e. The van der Waals surface area contributed by atoms with E-state index in [1.807, 2.05) is 0 Å². The Bertz CT molecular complexity index is 758. The fourth-order valence-corrected chi connectivity index (χ4v) is 2.12. The largest absolute Gasteiger partial charge is 0.456 e. The number of fused-ring (bicyclic) bond motifs is 1. The molecule has 0 N–H and O–H groups in total. The molecule has 1 aliphatic rings. The SMILES string of the molecule is Fc1ccc2c(c1)OC(c1ccccc1)=CC(C(F)(F)F)=C2. The van der Waals surface area contributed by atoms with E-state index in [2.05, 4.69) is 0 Å². The first-order valence-electron chi connectivity index (χ1n) is 6.47. The van der Waals surface area contributed by atoms with Crippen molar-refractivity contribution in [1.82, 2.24) is 0 Å². The molecule has 0 amide bonds. The molecule has 0 spiro atoms. The van der Waals surface area contributed by atoms with Crippen molar-refractivity contribution in [2.24, 2.45) is 0 Å². The van der Waals surface area contributed by atoms with Crippen LogP contribution in [0.2, 0.25) is 0 Å². The highest BCUT2D eigenvalue weighted by Crippen LogP contribution is 2.37. The molecule has 1 nitrogen and oxygen atoms in total. The monoisotopic (exact) mass is 306 g/mol. The van der Waals surface area contributed by atoms with Crippen molar-refractivity contribution >= 4 is 11.8 Å². The number of hydrogen-bond acceptors (Lipinski definition) is 1. The Morgan fingerprint density at radius 2 is 1.59 bits per heavy atom. The van der Waals surface area contributed by atoms with E-state index < -0.39 is 17.6 Å². The zero-order valence-electron chi connectivity index (χ0n) is 11.2. The maximum Gasteiger partial charge on any atom is 0.416 e. The van der Waals surface area contributed by atoms with Crippen molar-refractivity contribution in [1.29, 1.82) is 0 Å². The first-order valence-corrected chi connectivity index (χ1v) is 6.47. The third-order valence-electron chi connectivity index (χ3n) is 3.18. The van der Waals surface area contributed by atoms with E-state index in [4.69, 9.17) is 4.74 Å². The highest BCUT2D eigenvalue weighted by Gasteiger charge is 2.34. The minimum atomic E-state index is -4.53. The molecule has 0 saturated heterocycles. The fraction of sp³-hybridized carbons (Fsp3) is 0.0588. The third-order valence-corrected chi connectivity index (χ3v) is 3.18. The Labute approximate surface area is 124 Å². The van der Waals surface area contributed by atoms with Crippen LogP contribution in [0, 0.1) is 5.82 Å². The average Bonchev–Trinajstić information content (AvgIpc) is 2.67. The lowest BCUT2D eigenvalue weighted by molar-refractivity contribution is -0.0872. The van der Waals surface area contributed by atoms with Gasteiger partial charge in [0.15, 0.2) is 0 Å². The van der Waals surface area contributed by atoms with Gasteiger partial charge in [0.2, 0.25) is 0 Å². The molecule has 0 fully saturated rings. The Morgan fingerprint density at radius 3 is 2.27 bits per heavy atom. The topological polar surface area (TPSA) is 9.23 Å². The molecular weight excluding hydrogens is 296 g/mol. The van der Waals surface area contributed by atoms with Gasteiger partial charge < -0.3 is 4.74 Å². The van der Waals surface area contributed by atoms with Crippen LogP contribution in [0.1, 0.15) is 11.1 Å². The second kappa shape index (κ2) is 5.33. The third kappa shape index (κ3) is 2.88. The van der Waals surface area contributed by atoms with Crippen molar-refractivity contribution in [2.45, 2.75) is 6.18 Å². The van der Waals surface area contributed by atoms with E-state index in [1.54, 1.807) is 30.3 Å². The van der Waals surface area contributed by atoms with E-state index in [-0.39, 0.29) is 17.1 Å². The van der Waals surface area contributed by atoms with Crippen LogP contribution in [0.5, 0.6) is 5.75 Å². The Morgan fingerprint density at radius 1 is 0.864 bits per heavy atom. The molecule has 112 valence electrons. The molecule has 1 heterocycles. The minimum absolute atomic E-state index is 0.0218. The molecule has 5 heteroatoms. The summed E-state index contributed by atoms with van der Waals surface area (Å²) < 4.78 is 58.3. The zero-order chi connectivity index (χ0) is 15.7. The maximum atomic E-state index is 13.3. The lowest BCUT2D eigenvalue weighted by Crippen LogP contribution is -2.10. The van der Waals surface area contributed by atoms with E-state index in [9.17, 15) is 17.6 Å². The lowest BCUT2D eigenvalue weighted by Gasteiger charge is -2.11. The number of allylic oxidation sites excluding steroid dienone is 2. The molecule has 3 rings (SSSR count). The molecule has 0 bridgehead atoms. The van der Waals surface area contributed by atoms with Gasteiger partial charge in [-0.2, -0.15) is 13.2 Å². The van der Waals surface area contributed by atoms with Gasteiger partial charge in [0, 0.05) is 17.2 Å². The van der Waals surface area contributed by atoms with Crippen molar-refractivity contribution in [3.05, 3.63) is 77.1 Å². The summed E-state index contributed by atoms with van der Waals surface area (Å²) in [7, 11) is 0. The van der Waals surface area contributed by atoms with Gasteiger partial charge in [-0.05, 0) is 24.3 Å². The molecule has 1 aliphatic heterocycles. The van der Waals surface area contributed by atoms with Gasteiger partial charge in [0.25, 0.3) is 0 Å². The molecule has 0 saturated carbocycles. The molecule has 0 radical (unpaired) electrons. The minimum Gasteiger partial charge on any atom is -0.456 e. The van der Waals surface area contributed by atoms with Crippen molar-refractivity contribution in [2.75, 3.05) is 0 Å². The van der Waals surface area contributed by atoms with Gasteiger partial charge in [-0.25, -0.2) is 4.39 Å².